The molecule has 6 N–H and O–H groups in total. The molecule has 0 radical (unpaired) electrons. The Balaban J connectivity index is 1.83. The molecule has 21 heteroatoms. The SMILES string of the molecule is CCCCCCCCCCCCCCCCCC(=O)O[C@H](COC(=O)CCCCCCCCCCCCCCC)COP(=O)(O)OC1[C@H](O)[C@@H]2OP(=O)(OP(=O)(O)O)O[C@@H](C2O)[C@H]1O. The van der Waals surface area contributed by atoms with Crippen LogP contribution >= 0.6 is 23.5 Å². The minimum Gasteiger partial charge on any atom is -0.462 e. The van der Waals surface area contributed by atoms with Gasteiger partial charge in [-0.2, -0.15) is 4.31 Å². The first-order valence-electron chi connectivity index (χ1n) is 24.3. The van der Waals surface area contributed by atoms with Crippen LogP contribution in [0.3, 0.4) is 0 Å². The fraction of sp³-hybridized carbons (Fsp3) is 0.953. The van der Waals surface area contributed by atoms with Gasteiger partial charge in [-0.25, -0.2) is 13.7 Å². The summed E-state index contributed by atoms with van der Waals surface area (Å²) in [6.07, 6.45) is 18.6. The molecule has 1 saturated carbocycles. The number of esters is 2. The molecule has 0 aromatic rings. The lowest BCUT2D eigenvalue weighted by atomic mass is 9.85. The van der Waals surface area contributed by atoms with Gasteiger partial charge in [-0.1, -0.05) is 181 Å². The second-order valence-corrected chi connectivity index (χ2v) is 21.8. The zero-order valence-electron chi connectivity index (χ0n) is 38.6. The van der Waals surface area contributed by atoms with Crippen LogP contribution in [-0.4, -0.2) is 97.9 Å². The maximum absolute atomic E-state index is 13.1. The van der Waals surface area contributed by atoms with E-state index < -0.39 is 91.3 Å². The third-order valence-corrected chi connectivity index (χ3v) is 15.2. The number of fused-ring (bicyclic) bond motifs is 2. The standard InChI is InChI=1S/C43H83O18P3/c1-3-5-7-9-11-13-15-17-18-20-22-24-26-28-30-32-37(45)57-35(33-55-36(44)31-29-27-25-23-21-19-16-14-12-10-8-6-4-2)34-56-63(52,53)58-41-38(46)42-40(48)43(39(41)47)60-64(54,59-42)61-62(49,50)51/h35,38-43,46-48H,3-34H2,1-2H3,(H,52,53)(H2,49,50,51)/t35-,38+,39+,40?,41?,42-,43+,64?/m1/s1. The van der Waals surface area contributed by atoms with Crippen LogP contribution in [0.1, 0.15) is 206 Å². The van der Waals surface area contributed by atoms with Crippen molar-refractivity contribution >= 4 is 35.4 Å². The van der Waals surface area contributed by atoms with E-state index >= 15 is 0 Å². The summed E-state index contributed by atoms with van der Waals surface area (Å²) in [5.41, 5.74) is 0. The summed E-state index contributed by atoms with van der Waals surface area (Å²) >= 11 is 0. The van der Waals surface area contributed by atoms with Crippen molar-refractivity contribution in [1.29, 1.82) is 0 Å². The van der Waals surface area contributed by atoms with Crippen molar-refractivity contribution < 1.29 is 85.2 Å². The monoisotopic (exact) mass is 980 g/mol. The first-order chi connectivity index (χ1) is 30.5. The molecule has 1 aliphatic heterocycles. The van der Waals surface area contributed by atoms with Gasteiger partial charge < -0.3 is 39.5 Å². The Hall–Kier alpha value is -0.810. The molecular weight excluding hydrogens is 897 g/mol. The molecule has 64 heavy (non-hydrogen) atoms. The average Bonchev–Trinajstić information content (AvgIpc) is 3.23. The summed E-state index contributed by atoms with van der Waals surface area (Å²) in [7, 11) is -15.9. The third kappa shape index (κ3) is 26.7. The quantitative estimate of drug-likeness (QED) is 0.0189. The van der Waals surface area contributed by atoms with Crippen molar-refractivity contribution in [2.75, 3.05) is 13.2 Å². The van der Waals surface area contributed by atoms with E-state index in [2.05, 4.69) is 18.2 Å². The highest BCUT2D eigenvalue weighted by Gasteiger charge is 2.62. The topological polar surface area (TPSA) is 271 Å². The number of unbranched alkanes of at least 4 members (excludes halogenated alkanes) is 26. The van der Waals surface area contributed by atoms with Crippen LogP contribution in [0.15, 0.2) is 0 Å². The van der Waals surface area contributed by atoms with Crippen molar-refractivity contribution in [2.45, 2.75) is 249 Å². The maximum atomic E-state index is 13.1. The highest BCUT2D eigenvalue weighted by atomic mass is 31.3. The fourth-order valence-corrected chi connectivity index (χ4v) is 11.4. The Labute approximate surface area is 382 Å². The predicted octanol–water partition coefficient (Wildman–Crippen LogP) is 9.78. The number of hydrogen-bond donors (Lipinski definition) is 6. The van der Waals surface area contributed by atoms with Crippen molar-refractivity contribution in [1.82, 2.24) is 0 Å². The number of aliphatic hydroxyl groups excluding tert-OH is 3. The summed E-state index contributed by atoms with van der Waals surface area (Å²) in [6.45, 7) is 3.14. The first-order valence-corrected chi connectivity index (χ1v) is 28.8. The lowest BCUT2D eigenvalue weighted by Crippen LogP contribution is -2.67. The van der Waals surface area contributed by atoms with Crippen LogP contribution < -0.4 is 0 Å². The number of phosphoric acid groups is 3. The molecule has 0 aromatic heterocycles. The van der Waals surface area contributed by atoms with Crippen LogP contribution in [0.4, 0.5) is 0 Å². The van der Waals surface area contributed by atoms with E-state index in [-0.39, 0.29) is 12.8 Å². The maximum Gasteiger partial charge on any atom is 0.484 e. The molecule has 4 unspecified atom stereocenters. The predicted molar refractivity (Wildman–Crippen MR) is 240 cm³/mol. The van der Waals surface area contributed by atoms with Crippen molar-refractivity contribution in [3.05, 3.63) is 0 Å². The normalized spacial score (nSPS) is 24.9. The zero-order chi connectivity index (χ0) is 47.3. The molecule has 2 fully saturated rings. The van der Waals surface area contributed by atoms with Gasteiger partial charge in [0, 0.05) is 12.8 Å². The van der Waals surface area contributed by atoms with Gasteiger partial charge in [-0.15, -0.1) is 0 Å². The van der Waals surface area contributed by atoms with Crippen molar-refractivity contribution in [2.24, 2.45) is 0 Å². The molecule has 9 atom stereocenters. The summed E-state index contributed by atoms with van der Waals surface area (Å²) < 4.78 is 71.7. The second kappa shape index (κ2) is 33.6. The Kier molecular flexibility index (Phi) is 31.2. The zero-order valence-corrected chi connectivity index (χ0v) is 41.3. The number of carbonyl (C=O) groups excluding carboxylic acids is 2. The van der Waals surface area contributed by atoms with Crippen LogP contribution in [0, 0.1) is 0 Å². The van der Waals surface area contributed by atoms with Gasteiger partial charge in [-0.3, -0.25) is 27.7 Å². The van der Waals surface area contributed by atoms with E-state index in [1.807, 2.05) is 0 Å². The minimum atomic E-state index is -5.49. The summed E-state index contributed by atoms with van der Waals surface area (Å²) in [6, 6.07) is 0. The van der Waals surface area contributed by atoms with E-state index in [1.54, 1.807) is 0 Å². The number of phosphoric ester groups is 2. The molecule has 0 amide bonds. The van der Waals surface area contributed by atoms with Gasteiger partial charge >= 0.3 is 35.4 Å². The number of ether oxygens (including phenoxy) is 2. The molecule has 2 aliphatic rings. The van der Waals surface area contributed by atoms with E-state index in [9.17, 15) is 43.5 Å². The molecule has 378 valence electrons. The van der Waals surface area contributed by atoms with Gasteiger partial charge in [0.2, 0.25) is 0 Å². The van der Waals surface area contributed by atoms with Gasteiger partial charge in [0.15, 0.2) is 6.10 Å². The third-order valence-electron chi connectivity index (χ3n) is 11.6. The molecular formula is C43H83O18P3. The molecule has 2 bridgehead atoms. The first kappa shape index (κ1) is 59.3. The van der Waals surface area contributed by atoms with Gasteiger partial charge in [0.25, 0.3) is 0 Å². The highest BCUT2D eigenvalue weighted by Crippen LogP contribution is 2.66. The number of aliphatic hydroxyl groups is 3. The summed E-state index contributed by atoms with van der Waals surface area (Å²) in [5.74, 6) is -1.19. The average molecular weight is 981 g/mol. The van der Waals surface area contributed by atoms with Gasteiger partial charge in [0.1, 0.15) is 43.2 Å². The largest absolute Gasteiger partial charge is 0.484 e. The molecule has 1 saturated heterocycles. The van der Waals surface area contributed by atoms with Crippen LogP contribution in [0.2, 0.25) is 0 Å². The molecule has 18 nitrogen and oxygen atoms in total. The number of hydrogen-bond acceptors (Lipinski definition) is 15. The Morgan fingerprint density at radius 2 is 0.906 bits per heavy atom. The summed E-state index contributed by atoms with van der Waals surface area (Å²) in [5, 5.41) is 32.0. The van der Waals surface area contributed by atoms with E-state index in [1.165, 1.54) is 116 Å². The second-order valence-electron chi connectivity index (χ2n) is 17.5. The van der Waals surface area contributed by atoms with E-state index in [0.717, 1.165) is 51.4 Å². The van der Waals surface area contributed by atoms with Crippen LogP contribution in [0.25, 0.3) is 0 Å². The highest BCUT2D eigenvalue weighted by molar-refractivity contribution is 7.61. The molecule has 0 spiro atoms. The molecule has 1 aliphatic carbocycles. The van der Waals surface area contributed by atoms with E-state index in [0.29, 0.717) is 12.8 Å². The molecule has 1 heterocycles. The Bertz CT molecular complexity index is 1380. The summed E-state index contributed by atoms with van der Waals surface area (Å²) in [4.78, 5) is 54.3. The van der Waals surface area contributed by atoms with Gasteiger partial charge in [-0.05, 0) is 12.8 Å². The lowest BCUT2D eigenvalue weighted by Gasteiger charge is -2.48. The number of rotatable bonds is 40. The van der Waals surface area contributed by atoms with Crippen LogP contribution in [-0.2, 0) is 55.2 Å². The number of carbonyl (C=O) groups is 2. The fourth-order valence-electron chi connectivity index (χ4n) is 7.94. The molecule has 0 aromatic carbocycles. The van der Waals surface area contributed by atoms with E-state index in [4.69, 9.17) is 37.4 Å². The minimum absolute atomic E-state index is 0.0517. The van der Waals surface area contributed by atoms with Crippen molar-refractivity contribution in [3.63, 3.8) is 0 Å². The van der Waals surface area contributed by atoms with Crippen LogP contribution in [0.5, 0.6) is 0 Å². The van der Waals surface area contributed by atoms with Crippen molar-refractivity contribution in [3.8, 4) is 0 Å². The Morgan fingerprint density at radius 3 is 1.28 bits per heavy atom. The smallest absolute Gasteiger partial charge is 0.462 e. The lowest BCUT2D eigenvalue weighted by molar-refractivity contribution is -0.235. The Morgan fingerprint density at radius 1 is 0.547 bits per heavy atom. The van der Waals surface area contributed by atoms with Gasteiger partial charge in [0.05, 0.1) is 6.61 Å². The molecule has 2 rings (SSSR count).